The molecular weight excluding hydrogens is 250 g/mol. The van der Waals surface area contributed by atoms with E-state index in [1.165, 1.54) is 25.9 Å². The number of pyridine rings is 1. The average Bonchev–Trinajstić information content (AvgIpc) is 2.81. The van der Waals surface area contributed by atoms with Crippen molar-refractivity contribution in [1.29, 1.82) is 0 Å². The molecule has 0 aliphatic carbocycles. The minimum atomic E-state index is 0.660. The molecule has 2 aromatic heterocycles. The highest BCUT2D eigenvalue weighted by molar-refractivity contribution is 5.51. The van der Waals surface area contributed by atoms with Crippen LogP contribution in [0.3, 0.4) is 0 Å². The molecule has 1 aliphatic heterocycles. The monoisotopic (exact) mass is 273 g/mol. The summed E-state index contributed by atoms with van der Waals surface area (Å²) in [6.45, 7) is 6.95. The lowest BCUT2D eigenvalue weighted by molar-refractivity contribution is 0.148. The van der Waals surface area contributed by atoms with E-state index in [4.69, 9.17) is 5.73 Å². The highest BCUT2D eigenvalue weighted by atomic mass is 15.2. The lowest BCUT2D eigenvalue weighted by atomic mass is 9.92. The standard InChI is InChI=1S/C15H23N5/c1-11(2)19-6-3-12(4-7-19)9-14-17-18-15-10-13(16)5-8-20(14)15/h5,8,10-12H,3-4,6-7,9,16H2,1-2H3. The number of rotatable bonds is 3. The molecule has 5 heteroatoms. The minimum Gasteiger partial charge on any atom is -0.399 e. The quantitative estimate of drug-likeness (QED) is 0.929. The predicted octanol–water partition coefficient (Wildman–Crippen LogP) is 1.97. The Morgan fingerprint density at radius 2 is 2.05 bits per heavy atom. The smallest absolute Gasteiger partial charge is 0.162 e. The van der Waals surface area contributed by atoms with Crippen molar-refractivity contribution in [2.45, 2.75) is 39.2 Å². The van der Waals surface area contributed by atoms with Crippen LogP contribution in [0.5, 0.6) is 0 Å². The van der Waals surface area contributed by atoms with Gasteiger partial charge in [0.1, 0.15) is 5.82 Å². The zero-order chi connectivity index (χ0) is 14.1. The summed E-state index contributed by atoms with van der Waals surface area (Å²) in [7, 11) is 0. The number of fused-ring (bicyclic) bond motifs is 1. The second-order valence-electron chi connectivity index (χ2n) is 6.08. The molecule has 1 saturated heterocycles. The van der Waals surface area contributed by atoms with Crippen LogP contribution in [0.15, 0.2) is 18.3 Å². The van der Waals surface area contributed by atoms with Crippen LogP contribution in [-0.4, -0.2) is 38.6 Å². The number of anilines is 1. The van der Waals surface area contributed by atoms with Crippen LogP contribution in [0.25, 0.3) is 5.65 Å². The summed E-state index contributed by atoms with van der Waals surface area (Å²) in [5.74, 6) is 1.78. The topological polar surface area (TPSA) is 59.5 Å². The molecule has 3 rings (SSSR count). The van der Waals surface area contributed by atoms with Gasteiger partial charge in [-0.2, -0.15) is 0 Å². The summed E-state index contributed by atoms with van der Waals surface area (Å²) in [6, 6.07) is 4.44. The Morgan fingerprint density at radius 1 is 1.30 bits per heavy atom. The first-order chi connectivity index (χ1) is 9.63. The third-order valence-corrected chi connectivity index (χ3v) is 4.36. The number of nitrogens with zero attached hydrogens (tertiary/aromatic N) is 4. The largest absolute Gasteiger partial charge is 0.399 e. The van der Waals surface area contributed by atoms with Crippen molar-refractivity contribution in [2.24, 2.45) is 5.92 Å². The lowest BCUT2D eigenvalue weighted by Gasteiger charge is -2.34. The fourth-order valence-electron chi connectivity index (χ4n) is 3.03. The zero-order valence-corrected chi connectivity index (χ0v) is 12.3. The first-order valence-corrected chi connectivity index (χ1v) is 7.46. The number of hydrogen-bond acceptors (Lipinski definition) is 4. The maximum Gasteiger partial charge on any atom is 0.162 e. The van der Waals surface area contributed by atoms with Gasteiger partial charge in [-0.1, -0.05) is 0 Å². The van der Waals surface area contributed by atoms with Crippen molar-refractivity contribution < 1.29 is 0 Å². The molecule has 0 atom stereocenters. The average molecular weight is 273 g/mol. The van der Waals surface area contributed by atoms with E-state index < -0.39 is 0 Å². The van der Waals surface area contributed by atoms with E-state index in [-0.39, 0.29) is 0 Å². The highest BCUT2D eigenvalue weighted by Gasteiger charge is 2.22. The highest BCUT2D eigenvalue weighted by Crippen LogP contribution is 2.22. The molecule has 0 bridgehead atoms. The van der Waals surface area contributed by atoms with Crippen molar-refractivity contribution in [3.05, 3.63) is 24.2 Å². The zero-order valence-electron chi connectivity index (χ0n) is 12.3. The molecule has 0 spiro atoms. The molecule has 2 aromatic rings. The number of piperidine rings is 1. The van der Waals surface area contributed by atoms with Gasteiger partial charge < -0.3 is 10.6 Å². The third-order valence-electron chi connectivity index (χ3n) is 4.36. The van der Waals surface area contributed by atoms with Gasteiger partial charge in [-0.15, -0.1) is 10.2 Å². The SMILES string of the molecule is CC(C)N1CCC(Cc2nnc3cc(N)ccn23)CC1. The number of likely N-dealkylation sites (tertiary alicyclic amines) is 1. The minimum absolute atomic E-state index is 0.660. The Morgan fingerprint density at radius 3 is 2.75 bits per heavy atom. The van der Waals surface area contributed by atoms with E-state index in [1.807, 2.05) is 18.3 Å². The summed E-state index contributed by atoms with van der Waals surface area (Å²) >= 11 is 0. The summed E-state index contributed by atoms with van der Waals surface area (Å²) in [4.78, 5) is 2.55. The summed E-state index contributed by atoms with van der Waals surface area (Å²) < 4.78 is 2.06. The Labute approximate surface area is 119 Å². The van der Waals surface area contributed by atoms with Crippen molar-refractivity contribution in [1.82, 2.24) is 19.5 Å². The number of hydrogen-bond donors (Lipinski definition) is 1. The Bertz CT molecular complexity index is 581. The van der Waals surface area contributed by atoms with Crippen LogP contribution in [0.4, 0.5) is 5.69 Å². The van der Waals surface area contributed by atoms with Gasteiger partial charge in [-0.25, -0.2) is 0 Å². The summed E-state index contributed by atoms with van der Waals surface area (Å²) in [6.07, 6.45) is 5.49. The van der Waals surface area contributed by atoms with E-state index in [0.717, 1.165) is 29.5 Å². The Kier molecular flexibility index (Phi) is 3.61. The molecule has 0 aromatic carbocycles. The molecule has 0 unspecified atom stereocenters. The van der Waals surface area contributed by atoms with E-state index in [0.29, 0.717) is 6.04 Å². The van der Waals surface area contributed by atoms with Crippen molar-refractivity contribution in [2.75, 3.05) is 18.8 Å². The van der Waals surface area contributed by atoms with Crippen LogP contribution < -0.4 is 5.73 Å². The molecule has 0 saturated carbocycles. The molecule has 20 heavy (non-hydrogen) atoms. The molecule has 1 aliphatic rings. The lowest BCUT2D eigenvalue weighted by Crippen LogP contribution is -2.38. The second kappa shape index (κ2) is 5.40. The first-order valence-electron chi connectivity index (χ1n) is 7.46. The maximum atomic E-state index is 5.77. The van der Waals surface area contributed by atoms with Gasteiger partial charge in [0.25, 0.3) is 0 Å². The van der Waals surface area contributed by atoms with Crippen LogP contribution in [0, 0.1) is 5.92 Å². The van der Waals surface area contributed by atoms with E-state index in [9.17, 15) is 0 Å². The number of nitrogens with two attached hydrogens (primary N) is 1. The molecule has 1 fully saturated rings. The molecule has 0 amide bonds. The third kappa shape index (κ3) is 2.63. The van der Waals surface area contributed by atoms with E-state index in [1.54, 1.807) is 0 Å². The van der Waals surface area contributed by atoms with Gasteiger partial charge in [0.2, 0.25) is 0 Å². The van der Waals surface area contributed by atoms with Crippen LogP contribution in [-0.2, 0) is 6.42 Å². The van der Waals surface area contributed by atoms with Crippen molar-refractivity contribution in [3.63, 3.8) is 0 Å². The normalized spacial score (nSPS) is 18.1. The molecule has 0 radical (unpaired) electrons. The fourth-order valence-corrected chi connectivity index (χ4v) is 3.03. The van der Waals surface area contributed by atoms with Gasteiger partial charge in [0.15, 0.2) is 5.65 Å². The molecular formula is C15H23N5. The molecule has 2 N–H and O–H groups in total. The maximum absolute atomic E-state index is 5.77. The van der Waals surface area contributed by atoms with Crippen molar-refractivity contribution >= 4 is 11.3 Å². The van der Waals surface area contributed by atoms with Crippen LogP contribution in [0.1, 0.15) is 32.5 Å². The predicted molar refractivity (Wildman–Crippen MR) is 80.5 cm³/mol. The number of nitrogen functional groups attached to an aromatic ring is 1. The number of aromatic nitrogens is 3. The molecule has 108 valence electrons. The van der Waals surface area contributed by atoms with Gasteiger partial charge in [0, 0.05) is 30.4 Å². The van der Waals surface area contributed by atoms with E-state index in [2.05, 4.69) is 33.3 Å². The van der Waals surface area contributed by atoms with E-state index >= 15 is 0 Å². The Balaban J connectivity index is 1.68. The second-order valence-corrected chi connectivity index (χ2v) is 6.08. The summed E-state index contributed by atoms with van der Waals surface area (Å²) in [5.41, 5.74) is 7.36. The van der Waals surface area contributed by atoms with Crippen LogP contribution in [0.2, 0.25) is 0 Å². The fraction of sp³-hybridized carbons (Fsp3) is 0.600. The first kappa shape index (κ1) is 13.4. The summed E-state index contributed by atoms with van der Waals surface area (Å²) in [5, 5.41) is 8.54. The van der Waals surface area contributed by atoms with Crippen molar-refractivity contribution in [3.8, 4) is 0 Å². The molecule has 5 nitrogen and oxygen atoms in total. The van der Waals surface area contributed by atoms with Crippen LogP contribution >= 0.6 is 0 Å². The van der Waals surface area contributed by atoms with Gasteiger partial charge in [0.05, 0.1) is 0 Å². The van der Waals surface area contributed by atoms with Gasteiger partial charge in [-0.3, -0.25) is 4.40 Å². The van der Waals surface area contributed by atoms with Gasteiger partial charge >= 0.3 is 0 Å². The molecule has 3 heterocycles. The van der Waals surface area contributed by atoms with Gasteiger partial charge in [-0.05, 0) is 51.8 Å². The Hall–Kier alpha value is -1.62.